The Kier molecular flexibility index (Phi) is 9.78. The Balaban J connectivity index is 1.26. The van der Waals surface area contributed by atoms with Crippen LogP contribution in [0.1, 0.15) is 70.4 Å². The highest BCUT2D eigenvalue weighted by molar-refractivity contribution is 5.93. The van der Waals surface area contributed by atoms with Gasteiger partial charge >= 0.3 is 0 Å². The van der Waals surface area contributed by atoms with Gasteiger partial charge in [0.1, 0.15) is 11.5 Å². The number of fused-ring (bicyclic) bond motifs is 1. The van der Waals surface area contributed by atoms with Crippen LogP contribution in [0.5, 0.6) is 0 Å². The van der Waals surface area contributed by atoms with Crippen LogP contribution in [0.4, 0.5) is 10.1 Å². The Morgan fingerprint density at radius 2 is 1.98 bits per heavy atom. The van der Waals surface area contributed by atoms with Gasteiger partial charge in [0.25, 0.3) is 0 Å². The van der Waals surface area contributed by atoms with Gasteiger partial charge in [-0.2, -0.15) is 5.10 Å². The van der Waals surface area contributed by atoms with Crippen LogP contribution in [0.15, 0.2) is 72.7 Å². The van der Waals surface area contributed by atoms with Crippen LogP contribution in [0, 0.1) is 5.82 Å². The third kappa shape index (κ3) is 7.28. The summed E-state index contributed by atoms with van der Waals surface area (Å²) in [5.74, 6) is 0.646. The Morgan fingerprint density at radius 3 is 2.77 bits per heavy atom. The Morgan fingerprint density at radius 1 is 1.15 bits per heavy atom. The second-order valence-corrected chi connectivity index (χ2v) is 12.5. The number of nitrogens with one attached hydrogen (secondary N) is 3. The number of aromatic nitrogens is 5. The molecule has 8 heteroatoms. The molecule has 2 aromatic carbocycles. The molecule has 242 valence electrons. The molecule has 0 bridgehead atoms. The van der Waals surface area contributed by atoms with E-state index in [-0.39, 0.29) is 11.7 Å². The molecular weight excluding hydrogens is 585 g/mol. The van der Waals surface area contributed by atoms with Crippen LogP contribution in [-0.4, -0.2) is 49.7 Å². The maximum Gasteiger partial charge on any atom is 0.159 e. The van der Waals surface area contributed by atoms with Gasteiger partial charge in [-0.3, -0.25) is 10.1 Å². The number of likely N-dealkylation sites (tertiary alicyclic amines) is 1. The first-order valence-corrected chi connectivity index (χ1v) is 16.6. The van der Waals surface area contributed by atoms with Gasteiger partial charge < -0.3 is 15.2 Å². The highest BCUT2D eigenvalue weighted by Crippen LogP contribution is 2.32. The van der Waals surface area contributed by atoms with Crippen molar-refractivity contribution in [1.29, 1.82) is 0 Å². The van der Waals surface area contributed by atoms with Crippen LogP contribution in [-0.2, 0) is 0 Å². The zero-order valence-electron chi connectivity index (χ0n) is 27.8. The zero-order valence-corrected chi connectivity index (χ0v) is 27.8. The minimum atomic E-state index is -0.226. The molecule has 6 rings (SSSR count). The zero-order chi connectivity index (χ0) is 32.9. The molecule has 1 fully saturated rings. The van der Waals surface area contributed by atoms with E-state index in [1.807, 2.05) is 49.7 Å². The third-order valence-electron chi connectivity index (χ3n) is 9.24. The van der Waals surface area contributed by atoms with E-state index >= 15 is 0 Å². The summed E-state index contributed by atoms with van der Waals surface area (Å²) >= 11 is 0. The van der Waals surface area contributed by atoms with E-state index in [4.69, 9.17) is 4.98 Å². The van der Waals surface area contributed by atoms with Crippen molar-refractivity contribution >= 4 is 34.9 Å². The molecule has 1 saturated heterocycles. The van der Waals surface area contributed by atoms with Crippen molar-refractivity contribution in [3.8, 4) is 22.6 Å². The Labute approximate surface area is 276 Å². The predicted molar refractivity (Wildman–Crippen MR) is 193 cm³/mol. The molecule has 0 aliphatic carbocycles. The van der Waals surface area contributed by atoms with E-state index in [0.29, 0.717) is 11.5 Å². The van der Waals surface area contributed by atoms with Crippen molar-refractivity contribution in [2.45, 2.75) is 59.3 Å². The van der Waals surface area contributed by atoms with Crippen molar-refractivity contribution in [3.05, 3.63) is 100 Å². The molecule has 47 heavy (non-hydrogen) atoms. The number of allylic oxidation sites excluding steroid dienone is 4. The van der Waals surface area contributed by atoms with Gasteiger partial charge in [-0.1, -0.05) is 50.8 Å². The topological polar surface area (TPSA) is 85.5 Å². The molecule has 1 aliphatic rings. The van der Waals surface area contributed by atoms with Gasteiger partial charge in [0.05, 0.1) is 28.3 Å². The summed E-state index contributed by atoms with van der Waals surface area (Å²) in [5.41, 5.74) is 9.20. The molecule has 0 saturated carbocycles. The number of pyridine rings is 1. The van der Waals surface area contributed by atoms with E-state index in [2.05, 4.69) is 75.9 Å². The Hall–Kier alpha value is -4.82. The largest absolute Gasteiger partial charge is 0.358 e. The second kappa shape index (κ2) is 14.3. The van der Waals surface area contributed by atoms with Crippen LogP contribution in [0.25, 0.3) is 51.9 Å². The van der Waals surface area contributed by atoms with Gasteiger partial charge in [0.2, 0.25) is 0 Å². The lowest BCUT2D eigenvalue weighted by Gasteiger charge is -2.19. The molecule has 0 spiro atoms. The molecule has 0 radical (unpaired) electrons. The number of rotatable bonds is 11. The summed E-state index contributed by atoms with van der Waals surface area (Å²) in [7, 11) is 0. The number of aromatic amines is 2. The molecule has 5 aromatic rings. The van der Waals surface area contributed by atoms with E-state index in [0.717, 1.165) is 80.2 Å². The fraction of sp³-hybridized carbons (Fsp3) is 0.308. The molecule has 4 heterocycles. The lowest BCUT2D eigenvalue weighted by molar-refractivity contribution is 0.324. The van der Waals surface area contributed by atoms with E-state index < -0.39 is 0 Å². The summed E-state index contributed by atoms with van der Waals surface area (Å²) in [4.78, 5) is 15.3. The molecule has 7 nitrogen and oxygen atoms in total. The van der Waals surface area contributed by atoms with Crippen LogP contribution in [0.2, 0.25) is 0 Å². The first-order valence-electron chi connectivity index (χ1n) is 16.6. The van der Waals surface area contributed by atoms with Crippen molar-refractivity contribution in [1.82, 2.24) is 30.0 Å². The minimum absolute atomic E-state index is 0.226. The van der Waals surface area contributed by atoms with E-state index in [1.54, 1.807) is 12.1 Å². The van der Waals surface area contributed by atoms with Gasteiger partial charge in [0.15, 0.2) is 5.82 Å². The maximum atomic E-state index is 15.0. The standard InChI is InChI=1S/C39H44FN7/c1-6-32(7-2)42-33-22-30(23-41-24-33)25(3)13-14-35-27(5)37(46-45-35)39-43-36-12-10-11-34(38(36)44-39)29-19-28(20-31(40)21-29)26(4)15-18-47-16-8-9-17-47/h6,10-14,19-24,26,42,45H,5,7-9,15-18H2,1-4H3,(H,43,44)/b25-13+,32-6-,35-14+. The molecule has 3 N–H and O–H groups in total. The van der Waals surface area contributed by atoms with Crippen LogP contribution in [0.3, 0.4) is 0 Å². The molecular formula is C39H44FN7. The summed E-state index contributed by atoms with van der Waals surface area (Å²) in [6.07, 6.45) is 14.3. The number of H-pyrrole nitrogens is 2. The first-order chi connectivity index (χ1) is 22.8. The summed E-state index contributed by atoms with van der Waals surface area (Å²) in [5, 5.41) is 12.7. The van der Waals surface area contributed by atoms with Gasteiger partial charge in [-0.05, 0) is 118 Å². The average Bonchev–Trinajstić information content (AvgIpc) is 3.85. The molecule has 0 amide bonds. The molecule has 1 atom stereocenters. The van der Waals surface area contributed by atoms with Gasteiger partial charge in [0, 0.05) is 22.7 Å². The summed E-state index contributed by atoms with van der Waals surface area (Å²) in [6, 6.07) is 13.5. The highest BCUT2D eigenvalue weighted by Gasteiger charge is 2.17. The predicted octanol–water partition coefficient (Wildman–Crippen LogP) is 7.76. The maximum absolute atomic E-state index is 15.0. The highest BCUT2D eigenvalue weighted by atomic mass is 19.1. The number of nitrogens with zero attached hydrogens (tertiary/aromatic N) is 4. The summed E-state index contributed by atoms with van der Waals surface area (Å²) in [6.45, 7) is 16.1. The fourth-order valence-corrected chi connectivity index (χ4v) is 6.27. The molecule has 3 aromatic heterocycles. The quantitative estimate of drug-likeness (QED) is 0.139. The monoisotopic (exact) mass is 629 g/mol. The van der Waals surface area contributed by atoms with Crippen LogP contribution < -0.4 is 15.9 Å². The third-order valence-corrected chi connectivity index (χ3v) is 9.24. The normalized spacial score (nSPS) is 15.6. The lowest BCUT2D eigenvalue weighted by Crippen LogP contribution is -2.21. The first kappa shape index (κ1) is 32.1. The molecule has 1 aliphatic heterocycles. The fourth-order valence-electron chi connectivity index (χ4n) is 6.27. The van der Waals surface area contributed by atoms with Crippen LogP contribution >= 0.6 is 0 Å². The number of hydrogen-bond acceptors (Lipinski definition) is 5. The van der Waals surface area contributed by atoms with Crippen molar-refractivity contribution < 1.29 is 4.39 Å². The van der Waals surface area contributed by atoms with E-state index in [1.165, 1.54) is 25.9 Å². The lowest BCUT2D eigenvalue weighted by atomic mass is 9.93. The number of anilines is 1. The summed E-state index contributed by atoms with van der Waals surface area (Å²) < 4.78 is 15.0. The van der Waals surface area contributed by atoms with Gasteiger partial charge in [-0.25, -0.2) is 9.37 Å². The van der Waals surface area contributed by atoms with Crippen molar-refractivity contribution in [2.24, 2.45) is 0 Å². The number of para-hydroxylation sites is 1. The van der Waals surface area contributed by atoms with Crippen molar-refractivity contribution in [2.75, 3.05) is 25.0 Å². The second-order valence-electron chi connectivity index (χ2n) is 12.5. The minimum Gasteiger partial charge on any atom is -0.358 e. The molecule has 1 unspecified atom stereocenters. The smallest absolute Gasteiger partial charge is 0.159 e. The Bertz CT molecular complexity index is 2050. The van der Waals surface area contributed by atoms with Crippen molar-refractivity contribution in [3.63, 3.8) is 0 Å². The van der Waals surface area contributed by atoms with E-state index in [9.17, 15) is 4.39 Å². The number of hydrogen-bond donors (Lipinski definition) is 3. The average molecular weight is 630 g/mol. The number of halogens is 1. The number of imidazole rings is 1. The number of benzene rings is 2. The SMILES string of the molecule is C=c1c(-c2nc3c(-c4cc(F)cc(C(C)CCN5CCCC5)c4)cccc3[nH]2)n[nH]/c1=C/C=C(\C)c1cncc(N/C(=C\C)CC)c1. The van der Waals surface area contributed by atoms with Gasteiger partial charge in [-0.15, -0.1) is 0 Å².